The highest BCUT2D eigenvalue weighted by Crippen LogP contribution is 2.37. The first-order valence-corrected chi connectivity index (χ1v) is 7.90. The highest BCUT2D eigenvalue weighted by molar-refractivity contribution is 5.79. The van der Waals surface area contributed by atoms with E-state index in [1.165, 1.54) is 10.9 Å². The largest absolute Gasteiger partial charge is 0.459 e. The molecular formula is C19H29NO. The van der Waals surface area contributed by atoms with Crippen molar-refractivity contribution in [2.24, 2.45) is 5.41 Å². The van der Waals surface area contributed by atoms with Crippen LogP contribution >= 0.6 is 0 Å². The molecule has 1 atom stereocenters. The number of benzene rings is 1. The van der Waals surface area contributed by atoms with E-state index in [1.54, 1.807) is 0 Å². The summed E-state index contributed by atoms with van der Waals surface area (Å²) in [7, 11) is 1.99. The molecule has 2 heteroatoms. The van der Waals surface area contributed by atoms with Gasteiger partial charge in [-0.05, 0) is 48.1 Å². The van der Waals surface area contributed by atoms with Crippen molar-refractivity contribution < 1.29 is 4.42 Å². The SMILES string of the molecule is CCC(C)(C)c1ccc2oc(C(NC)C(C)(C)C)cc2c1. The number of rotatable bonds is 4. The minimum absolute atomic E-state index is 0.119. The fraction of sp³-hybridized carbons (Fsp3) is 0.579. The summed E-state index contributed by atoms with van der Waals surface area (Å²) in [5.41, 5.74) is 2.68. The van der Waals surface area contributed by atoms with Crippen molar-refractivity contribution in [3.05, 3.63) is 35.6 Å². The van der Waals surface area contributed by atoms with Crippen LogP contribution in [-0.2, 0) is 5.41 Å². The zero-order valence-electron chi connectivity index (χ0n) is 14.5. The smallest absolute Gasteiger partial charge is 0.134 e. The van der Waals surface area contributed by atoms with E-state index in [-0.39, 0.29) is 16.9 Å². The minimum atomic E-state index is 0.119. The molecule has 0 bridgehead atoms. The molecule has 0 fully saturated rings. The van der Waals surface area contributed by atoms with Gasteiger partial charge in [-0.3, -0.25) is 0 Å². The second kappa shape index (κ2) is 5.49. The summed E-state index contributed by atoms with van der Waals surface area (Å²) < 4.78 is 6.09. The highest BCUT2D eigenvalue weighted by atomic mass is 16.3. The summed E-state index contributed by atoms with van der Waals surface area (Å²) in [6.07, 6.45) is 1.13. The summed E-state index contributed by atoms with van der Waals surface area (Å²) >= 11 is 0. The third kappa shape index (κ3) is 3.16. The molecule has 0 aliphatic carbocycles. The third-order valence-corrected chi connectivity index (χ3v) is 4.64. The van der Waals surface area contributed by atoms with Crippen LogP contribution in [0.5, 0.6) is 0 Å². The average Bonchev–Trinajstić information content (AvgIpc) is 2.79. The first-order chi connectivity index (χ1) is 9.69. The van der Waals surface area contributed by atoms with E-state index >= 15 is 0 Å². The van der Waals surface area contributed by atoms with Gasteiger partial charge in [-0.25, -0.2) is 0 Å². The Kier molecular flexibility index (Phi) is 4.21. The first-order valence-electron chi connectivity index (χ1n) is 7.90. The standard InChI is InChI=1S/C19H29NO/c1-8-19(5,6)14-9-10-15-13(11-14)12-16(21-15)17(20-7)18(2,3)4/h9-12,17,20H,8H2,1-7H3. The second-order valence-corrected chi connectivity index (χ2v) is 7.73. The molecule has 2 aromatic rings. The van der Waals surface area contributed by atoms with Crippen molar-refractivity contribution >= 4 is 11.0 Å². The molecule has 1 heterocycles. The Morgan fingerprint density at radius 2 is 1.76 bits per heavy atom. The molecule has 2 rings (SSSR count). The third-order valence-electron chi connectivity index (χ3n) is 4.64. The molecule has 2 nitrogen and oxygen atoms in total. The van der Waals surface area contributed by atoms with Gasteiger partial charge in [0.1, 0.15) is 11.3 Å². The fourth-order valence-electron chi connectivity index (χ4n) is 2.83. The maximum atomic E-state index is 6.09. The van der Waals surface area contributed by atoms with Gasteiger partial charge in [0, 0.05) is 5.39 Å². The Bertz CT molecular complexity index is 616. The summed E-state index contributed by atoms with van der Waals surface area (Å²) in [6.45, 7) is 13.5. The molecule has 116 valence electrons. The van der Waals surface area contributed by atoms with Gasteiger partial charge in [0.15, 0.2) is 0 Å². The second-order valence-electron chi connectivity index (χ2n) is 7.73. The Hall–Kier alpha value is -1.28. The average molecular weight is 287 g/mol. The number of fused-ring (bicyclic) bond motifs is 1. The van der Waals surface area contributed by atoms with Crippen molar-refractivity contribution in [1.29, 1.82) is 0 Å². The summed E-state index contributed by atoms with van der Waals surface area (Å²) in [5, 5.41) is 4.58. The fourth-order valence-corrected chi connectivity index (χ4v) is 2.83. The predicted octanol–water partition coefficient (Wildman–Crippen LogP) is 5.43. The lowest BCUT2D eigenvalue weighted by Gasteiger charge is -2.28. The molecule has 0 aliphatic heterocycles. The number of furan rings is 1. The highest BCUT2D eigenvalue weighted by Gasteiger charge is 2.28. The number of nitrogens with one attached hydrogen (secondary N) is 1. The Morgan fingerprint density at radius 1 is 1.10 bits per heavy atom. The quantitative estimate of drug-likeness (QED) is 0.811. The zero-order valence-corrected chi connectivity index (χ0v) is 14.5. The summed E-state index contributed by atoms with van der Waals surface area (Å²) in [6, 6.07) is 9.00. The molecule has 1 aromatic heterocycles. The van der Waals surface area contributed by atoms with Crippen LogP contribution < -0.4 is 5.32 Å². The van der Waals surface area contributed by atoms with Crippen LogP contribution in [0.2, 0.25) is 0 Å². The molecule has 1 N–H and O–H groups in total. The Labute approximate surface area is 128 Å². The molecule has 0 radical (unpaired) electrons. The van der Waals surface area contributed by atoms with Crippen LogP contribution in [0.15, 0.2) is 28.7 Å². The predicted molar refractivity (Wildman–Crippen MR) is 90.8 cm³/mol. The van der Waals surface area contributed by atoms with Gasteiger partial charge >= 0.3 is 0 Å². The van der Waals surface area contributed by atoms with Crippen molar-refractivity contribution in [1.82, 2.24) is 5.32 Å². The Balaban J connectivity index is 2.47. The van der Waals surface area contributed by atoms with Gasteiger partial charge in [0.2, 0.25) is 0 Å². The molecule has 0 amide bonds. The maximum Gasteiger partial charge on any atom is 0.134 e. The van der Waals surface area contributed by atoms with Crippen LogP contribution in [0, 0.1) is 5.41 Å². The first kappa shape index (κ1) is 16.1. The van der Waals surface area contributed by atoms with Gasteiger partial charge in [-0.2, -0.15) is 0 Å². The number of hydrogen-bond donors (Lipinski definition) is 1. The molecule has 1 unspecified atom stereocenters. The molecule has 1 aromatic carbocycles. The lowest BCUT2D eigenvalue weighted by atomic mass is 9.82. The van der Waals surface area contributed by atoms with Crippen LogP contribution in [0.3, 0.4) is 0 Å². The van der Waals surface area contributed by atoms with E-state index in [2.05, 4.69) is 71.1 Å². The summed E-state index contributed by atoms with van der Waals surface area (Å²) in [5.74, 6) is 1.02. The lowest BCUT2D eigenvalue weighted by Crippen LogP contribution is -2.29. The Morgan fingerprint density at radius 3 is 2.29 bits per heavy atom. The summed E-state index contributed by atoms with van der Waals surface area (Å²) in [4.78, 5) is 0. The van der Waals surface area contributed by atoms with E-state index in [0.717, 1.165) is 17.8 Å². The van der Waals surface area contributed by atoms with Gasteiger partial charge in [-0.15, -0.1) is 0 Å². The van der Waals surface area contributed by atoms with E-state index in [0.29, 0.717) is 0 Å². The van der Waals surface area contributed by atoms with Gasteiger partial charge in [0.25, 0.3) is 0 Å². The van der Waals surface area contributed by atoms with Crippen molar-refractivity contribution in [3.8, 4) is 0 Å². The maximum absolute atomic E-state index is 6.09. The van der Waals surface area contributed by atoms with Crippen molar-refractivity contribution in [2.75, 3.05) is 7.05 Å². The molecule has 21 heavy (non-hydrogen) atoms. The normalized spacial score (nSPS) is 14.6. The zero-order chi connectivity index (χ0) is 15.8. The van der Waals surface area contributed by atoms with E-state index in [9.17, 15) is 0 Å². The van der Waals surface area contributed by atoms with Crippen molar-refractivity contribution in [2.45, 2.75) is 59.4 Å². The van der Waals surface area contributed by atoms with Crippen LogP contribution in [-0.4, -0.2) is 7.05 Å². The lowest BCUT2D eigenvalue weighted by molar-refractivity contribution is 0.253. The van der Waals surface area contributed by atoms with E-state index in [4.69, 9.17) is 4.42 Å². The minimum Gasteiger partial charge on any atom is -0.459 e. The van der Waals surface area contributed by atoms with Crippen molar-refractivity contribution in [3.63, 3.8) is 0 Å². The molecule has 0 saturated heterocycles. The topological polar surface area (TPSA) is 25.2 Å². The molecule has 0 aliphatic rings. The monoisotopic (exact) mass is 287 g/mol. The van der Waals surface area contributed by atoms with E-state index < -0.39 is 0 Å². The van der Waals surface area contributed by atoms with E-state index in [1.807, 2.05) is 7.05 Å². The van der Waals surface area contributed by atoms with Gasteiger partial charge in [0.05, 0.1) is 6.04 Å². The molecule has 0 spiro atoms. The van der Waals surface area contributed by atoms with Gasteiger partial charge in [-0.1, -0.05) is 47.6 Å². The molecular weight excluding hydrogens is 258 g/mol. The molecule has 0 saturated carbocycles. The van der Waals surface area contributed by atoms with Gasteiger partial charge < -0.3 is 9.73 Å². The van der Waals surface area contributed by atoms with Crippen LogP contribution in [0.4, 0.5) is 0 Å². The van der Waals surface area contributed by atoms with Crippen LogP contribution in [0.1, 0.15) is 65.3 Å². The number of hydrogen-bond acceptors (Lipinski definition) is 2. The van der Waals surface area contributed by atoms with Crippen LogP contribution in [0.25, 0.3) is 11.0 Å².